The lowest BCUT2D eigenvalue weighted by Crippen LogP contribution is -2.35. The van der Waals surface area contributed by atoms with Gasteiger partial charge in [-0.05, 0) is 45.0 Å². The van der Waals surface area contributed by atoms with E-state index in [2.05, 4.69) is 15.8 Å². The van der Waals surface area contributed by atoms with E-state index in [1.807, 2.05) is 6.07 Å². The maximum Gasteiger partial charge on any atom is 0.426 e. The smallest absolute Gasteiger partial charge is 0.426 e. The third kappa shape index (κ3) is 3.74. The van der Waals surface area contributed by atoms with Gasteiger partial charge in [0.25, 0.3) is 0 Å². The predicted octanol–water partition coefficient (Wildman–Crippen LogP) is 3.74. The van der Waals surface area contributed by atoms with Crippen LogP contribution in [0.4, 0.5) is 10.5 Å². The van der Waals surface area contributed by atoms with Crippen LogP contribution in [0.5, 0.6) is 0 Å². The maximum absolute atomic E-state index is 11.6. The van der Waals surface area contributed by atoms with Crippen molar-refractivity contribution in [3.05, 3.63) is 35.5 Å². The second kappa shape index (κ2) is 5.54. The molecule has 0 radical (unpaired) electrons. The van der Waals surface area contributed by atoms with Crippen LogP contribution in [0.2, 0.25) is 5.02 Å². The van der Waals surface area contributed by atoms with Gasteiger partial charge in [-0.3, -0.25) is 10.4 Å². The molecule has 106 valence electrons. The molecule has 0 spiro atoms. The molecule has 1 amide bonds. The maximum atomic E-state index is 11.6. The van der Waals surface area contributed by atoms with Gasteiger partial charge in [0.15, 0.2) is 0 Å². The minimum atomic E-state index is -0.545. The fourth-order valence-corrected chi connectivity index (χ4v) is 1.82. The molecule has 0 saturated heterocycles. The molecule has 0 aliphatic rings. The number of hydrogen-bond donors (Lipinski definition) is 2. The summed E-state index contributed by atoms with van der Waals surface area (Å²) in [6, 6.07) is 7.12. The molecule has 20 heavy (non-hydrogen) atoms. The van der Waals surface area contributed by atoms with E-state index in [0.717, 1.165) is 16.6 Å². The van der Waals surface area contributed by atoms with E-state index in [0.29, 0.717) is 5.02 Å². The van der Waals surface area contributed by atoms with Crippen molar-refractivity contribution < 1.29 is 9.53 Å². The summed E-state index contributed by atoms with van der Waals surface area (Å²) < 4.78 is 5.14. The Labute approximate surface area is 122 Å². The number of fused-ring (bicyclic) bond motifs is 1. The van der Waals surface area contributed by atoms with Crippen LogP contribution in [0, 0.1) is 0 Å². The molecule has 5 nitrogen and oxygen atoms in total. The Kier molecular flexibility index (Phi) is 3.99. The van der Waals surface area contributed by atoms with E-state index >= 15 is 0 Å². The molecule has 2 rings (SSSR count). The quantitative estimate of drug-likeness (QED) is 0.828. The van der Waals surface area contributed by atoms with Crippen molar-refractivity contribution in [2.75, 3.05) is 5.43 Å². The lowest BCUT2D eigenvalue weighted by molar-refractivity contribution is 0.0541. The number of benzene rings is 1. The number of ether oxygens (including phenoxy) is 1. The largest absolute Gasteiger partial charge is 0.443 e. The molecule has 0 aliphatic carbocycles. The minimum absolute atomic E-state index is 0.542. The van der Waals surface area contributed by atoms with Gasteiger partial charge in [-0.25, -0.2) is 10.2 Å². The molecule has 2 aromatic rings. The topological polar surface area (TPSA) is 63.2 Å². The van der Waals surface area contributed by atoms with E-state index in [1.54, 1.807) is 45.2 Å². The first kappa shape index (κ1) is 14.4. The number of nitrogens with one attached hydrogen (secondary N) is 2. The summed E-state index contributed by atoms with van der Waals surface area (Å²) >= 11 is 5.92. The number of hydrogen-bond acceptors (Lipinski definition) is 4. The summed E-state index contributed by atoms with van der Waals surface area (Å²) in [7, 11) is 0. The number of hydrazine groups is 1. The lowest BCUT2D eigenvalue weighted by atomic mass is 10.2. The fourth-order valence-electron chi connectivity index (χ4n) is 1.65. The summed E-state index contributed by atoms with van der Waals surface area (Å²) in [6.07, 6.45) is 1.09. The summed E-state index contributed by atoms with van der Waals surface area (Å²) in [5, 5.41) is 1.47. The Morgan fingerprint density at radius 2 is 2.05 bits per heavy atom. The van der Waals surface area contributed by atoms with Gasteiger partial charge in [0.05, 0.1) is 11.2 Å². The number of carbonyl (C=O) groups is 1. The molecule has 0 saturated carbocycles. The molecule has 2 N–H and O–H groups in total. The predicted molar refractivity (Wildman–Crippen MR) is 79.7 cm³/mol. The second-order valence-corrected chi connectivity index (χ2v) is 5.71. The van der Waals surface area contributed by atoms with Crippen molar-refractivity contribution in [1.29, 1.82) is 0 Å². The van der Waals surface area contributed by atoms with Crippen molar-refractivity contribution in [1.82, 2.24) is 10.4 Å². The lowest BCUT2D eigenvalue weighted by Gasteiger charge is -2.20. The zero-order chi connectivity index (χ0) is 14.8. The minimum Gasteiger partial charge on any atom is -0.443 e. The molecule has 0 aliphatic heterocycles. The number of nitrogens with zero attached hydrogens (tertiary/aromatic N) is 1. The Balaban J connectivity index is 2.12. The highest BCUT2D eigenvalue weighted by molar-refractivity contribution is 6.31. The highest BCUT2D eigenvalue weighted by Gasteiger charge is 2.15. The van der Waals surface area contributed by atoms with Crippen molar-refractivity contribution >= 4 is 34.3 Å². The first-order valence-electron chi connectivity index (χ1n) is 6.14. The highest BCUT2D eigenvalue weighted by atomic mass is 35.5. The molecule has 0 bridgehead atoms. The summed E-state index contributed by atoms with van der Waals surface area (Å²) in [6.45, 7) is 5.41. The van der Waals surface area contributed by atoms with Crippen LogP contribution in [0.3, 0.4) is 0 Å². The monoisotopic (exact) mass is 293 g/mol. The van der Waals surface area contributed by atoms with Gasteiger partial charge in [-0.2, -0.15) is 0 Å². The molecule has 1 aromatic carbocycles. The highest BCUT2D eigenvalue weighted by Crippen LogP contribution is 2.23. The van der Waals surface area contributed by atoms with E-state index in [1.165, 1.54) is 0 Å². The van der Waals surface area contributed by atoms with E-state index in [9.17, 15) is 4.79 Å². The van der Waals surface area contributed by atoms with Gasteiger partial charge in [0.1, 0.15) is 5.60 Å². The van der Waals surface area contributed by atoms with Crippen LogP contribution in [0.1, 0.15) is 20.8 Å². The SMILES string of the molecule is CC(C)(C)OC(=O)NNc1ccnc2cc(Cl)ccc12. The van der Waals surface area contributed by atoms with Crippen molar-refractivity contribution in [3.8, 4) is 0 Å². The molecule has 0 fully saturated rings. The second-order valence-electron chi connectivity index (χ2n) is 5.27. The third-order valence-electron chi connectivity index (χ3n) is 2.40. The number of anilines is 1. The van der Waals surface area contributed by atoms with Crippen LogP contribution < -0.4 is 10.9 Å². The van der Waals surface area contributed by atoms with E-state index in [4.69, 9.17) is 16.3 Å². The molecular formula is C14H16ClN3O2. The number of aromatic nitrogens is 1. The third-order valence-corrected chi connectivity index (χ3v) is 2.64. The number of rotatable bonds is 2. The van der Waals surface area contributed by atoms with Crippen LogP contribution in [0.25, 0.3) is 10.9 Å². The molecular weight excluding hydrogens is 278 g/mol. The van der Waals surface area contributed by atoms with Crippen LogP contribution in [-0.4, -0.2) is 16.7 Å². The van der Waals surface area contributed by atoms with Crippen molar-refractivity contribution in [2.24, 2.45) is 0 Å². The Bertz CT molecular complexity index is 638. The van der Waals surface area contributed by atoms with Crippen molar-refractivity contribution in [2.45, 2.75) is 26.4 Å². The summed E-state index contributed by atoms with van der Waals surface area (Å²) in [4.78, 5) is 15.8. The van der Waals surface area contributed by atoms with Crippen molar-refractivity contribution in [3.63, 3.8) is 0 Å². The molecule has 1 heterocycles. The van der Waals surface area contributed by atoms with Gasteiger partial charge in [-0.15, -0.1) is 0 Å². The zero-order valence-corrected chi connectivity index (χ0v) is 12.3. The summed E-state index contributed by atoms with van der Waals surface area (Å²) in [5.74, 6) is 0. The zero-order valence-electron chi connectivity index (χ0n) is 11.5. The van der Waals surface area contributed by atoms with E-state index in [-0.39, 0.29) is 0 Å². The number of amides is 1. The van der Waals surface area contributed by atoms with Gasteiger partial charge < -0.3 is 4.74 Å². The standard InChI is InChI=1S/C14H16ClN3O2/c1-14(2,3)20-13(19)18-17-11-6-7-16-12-8-9(15)4-5-10(11)12/h4-8H,1-3H3,(H,16,17)(H,18,19). The fraction of sp³-hybridized carbons (Fsp3) is 0.286. The molecule has 1 aromatic heterocycles. The van der Waals surface area contributed by atoms with Gasteiger partial charge in [0, 0.05) is 16.6 Å². The van der Waals surface area contributed by atoms with Gasteiger partial charge in [-0.1, -0.05) is 11.6 Å². The molecule has 0 atom stereocenters. The van der Waals surface area contributed by atoms with Crippen LogP contribution >= 0.6 is 11.6 Å². The first-order chi connectivity index (χ1) is 9.35. The van der Waals surface area contributed by atoms with Crippen LogP contribution in [0.15, 0.2) is 30.5 Å². The average molecular weight is 294 g/mol. The number of carbonyl (C=O) groups excluding carboxylic acids is 1. The van der Waals surface area contributed by atoms with Crippen LogP contribution in [-0.2, 0) is 4.74 Å². The van der Waals surface area contributed by atoms with E-state index < -0.39 is 11.7 Å². The Morgan fingerprint density at radius 1 is 1.30 bits per heavy atom. The summed E-state index contributed by atoms with van der Waals surface area (Å²) in [5.41, 5.74) is 6.23. The number of pyridine rings is 1. The Morgan fingerprint density at radius 3 is 2.75 bits per heavy atom. The van der Waals surface area contributed by atoms with Gasteiger partial charge in [0.2, 0.25) is 0 Å². The number of halogens is 1. The molecule has 6 heteroatoms. The molecule has 0 unspecified atom stereocenters. The Hall–Kier alpha value is -2.01. The van der Waals surface area contributed by atoms with Gasteiger partial charge >= 0.3 is 6.09 Å². The first-order valence-corrected chi connectivity index (χ1v) is 6.52. The normalized spacial score (nSPS) is 11.2. The average Bonchev–Trinajstić information content (AvgIpc) is 2.33.